The Bertz CT molecular complexity index is 104. The van der Waals surface area contributed by atoms with Crippen molar-refractivity contribution in [1.82, 2.24) is 0 Å². The SMILES string of the molecule is C[CH]COC(C)COCCCCCC. The van der Waals surface area contributed by atoms with Gasteiger partial charge in [-0.05, 0) is 19.8 Å². The normalized spacial score (nSPS) is 13.1. The molecule has 0 N–H and O–H groups in total. The average Bonchev–Trinajstić information content (AvgIpc) is 2.20. The second-order valence-electron chi connectivity index (χ2n) is 3.69. The van der Waals surface area contributed by atoms with Crippen LogP contribution in [0.1, 0.15) is 46.5 Å². The lowest BCUT2D eigenvalue weighted by Crippen LogP contribution is -2.17. The van der Waals surface area contributed by atoms with Gasteiger partial charge in [-0.1, -0.05) is 33.1 Å². The van der Waals surface area contributed by atoms with Crippen molar-refractivity contribution in [3.63, 3.8) is 0 Å². The van der Waals surface area contributed by atoms with Gasteiger partial charge in [0.15, 0.2) is 0 Å². The summed E-state index contributed by atoms with van der Waals surface area (Å²) in [4.78, 5) is 0. The first-order chi connectivity index (χ1) is 6.81. The van der Waals surface area contributed by atoms with Crippen molar-refractivity contribution in [1.29, 1.82) is 0 Å². The predicted octanol–water partition coefficient (Wildman–Crippen LogP) is 3.21. The summed E-state index contributed by atoms with van der Waals surface area (Å²) in [6.45, 7) is 8.59. The average molecular weight is 201 g/mol. The zero-order valence-electron chi connectivity index (χ0n) is 9.92. The van der Waals surface area contributed by atoms with Gasteiger partial charge in [-0.15, -0.1) is 0 Å². The third-order valence-corrected chi connectivity index (χ3v) is 2.04. The van der Waals surface area contributed by atoms with E-state index in [1.54, 1.807) is 0 Å². The highest BCUT2D eigenvalue weighted by Gasteiger charge is 2.00. The van der Waals surface area contributed by atoms with E-state index in [-0.39, 0.29) is 6.10 Å². The topological polar surface area (TPSA) is 18.5 Å². The fraction of sp³-hybridized carbons (Fsp3) is 0.917. The molecule has 2 heteroatoms. The van der Waals surface area contributed by atoms with Crippen LogP contribution >= 0.6 is 0 Å². The van der Waals surface area contributed by atoms with Crippen molar-refractivity contribution in [2.45, 2.75) is 52.6 Å². The van der Waals surface area contributed by atoms with E-state index in [2.05, 4.69) is 13.8 Å². The Labute approximate surface area is 89.0 Å². The highest BCUT2D eigenvalue weighted by atomic mass is 16.5. The molecule has 0 rings (SSSR count). The first-order valence-electron chi connectivity index (χ1n) is 5.78. The van der Waals surface area contributed by atoms with Crippen LogP contribution in [0.4, 0.5) is 0 Å². The van der Waals surface area contributed by atoms with Crippen LogP contribution < -0.4 is 0 Å². The maximum Gasteiger partial charge on any atom is 0.0780 e. The van der Waals surface area contributed by atoms with Gasteiger partial charge in [-0.3, -0.25) is 0 Å². The predicted molar refractivity (Wildman–Crippen MR) is 60.3 cm³/mol. The molecule has 0 bridgehead atoms. The lowest BCUT2D eigenvalue weighted by atomic mass is 10.2. The Morgan fingerprint density at radius 3 is 2.64 bits per heavy atom. The molecule has 0 amide bonds. The van der Waals surface area contributed by atoms with Crippen molar-refractivity contribution in [2.24, 2.45) is 0 Å². The lowest BCUT2D eigenvalue weighted by molar-refractivity contribution is 0.000503. The van der Waals surface area contributed by atoms with Gasteiger partial charge in [0.05, 0.1) is 12.7 Å². The van der Waals surface area contributed by atoms with Gasteiger partial charge >= 0.3 is 0 Å². The molecule has 1 atom stereocenters. The minimum absolute atomic E-state index is 0.220. The molecule has 0 saturated carbocycles. The van der Waals surface area contributed by atoms with Gasteiger partial charge in [-0.2, -0.15) is 0 Å². The van der Waals surface area contributed by atoms with Gasteiger partial charge < -0.3 is 9.47 Å². The second kappa shape index (κ2) is 11.0. The summed E-state index contributed by atoms with van der Waals surface area (Å²) in [6.07, 6.45) is 7.30. The maximum atomic E-state index is 5.50. The third-order valence-electron chi connectivity index (χ3n) is 2.04. The Kier molecular flexibility index (Phi) is 10.9. The number of ether oxygens (including phenoxy) is 2. The molecular weight excluding hydrogens is 176 g/mol. The van der Waals surface area contributed by atoms with Gasteiger partial charge in [0, 0.05) is 13.2 Å². The van der Waals surface area contributed by atoms with Crippen molar-refractivity contribution in [3.05, 3.63) is 6.42 Å². The molecule has 0 spiro atoms. The maximum absolute atomic E-state index is 5.50. The molecule has 0 aliphatic rings. The smallest absolute Gasteiger partial charge is 0.0780 e. The van der Waals surface area contributed by atoms with Crippen molar-refractivity contribution < 1.29 is 9.47 Å². The number of unbranched alkanes of at least 4 members (excludes halogenated alkanes) is 3. The molecule has 0 aromatic rings. The molecule has 0 aromatic carbocycles. The van der Waals surface area contributed by atoms with Crippen molar-refractivity contribution in [3.8, 4) is 0 Å². The summed E-state index contributed by atoms with van der Waals surface area (Å²) >= 11 is 0. The Hall–Kier alpha value is -0.0800. The minimum atomic E-state index is 0.220. The largest absolute Gasteiger partial charge is 0.379 e. The molecule has 2 nitrogen and oxygen atoms in total. The van der Waals surface area contributed by atoms with Crippen LogP contribution in [0.2, 0.25) is 0 Å². The molecule has 1 radical (unpaired) electrons. The van der Waals surface area contributed by atoms with Crippen LogP contribution in [0.25, 0.3) is 0 Å². The van der Waals surface area contributed by atoms with E-state index in [1.165, 1.54) is 25.7 Å². The molecule has 0 aromatic heterocycles. The van der Waals surface area contributed by atoms with Crippen LogP contribution in [-0.4, -0.2) is 25.9 Å². The summed E-state index contributed by atoms with van der Waals surface area (Å²) in [5.41, 5.74) is 0. The van der Waals surface area contributed by atoms with Crippen LogP contribution in [0.5, 0.6) is 0 Å². The number of hydrogen-bond donors (Lipinski definition) is 0. The first kappa shape index (κ1) is 13.9. The standard InChI is InChI=1S/C12H25O2/c1-4-6-7-8-10-13-11-12(3)14-9-5-2/h5,12H,4,6-11H2,1-3H3. The van der Waals surface area contributed by atoms with Crippen LogP contribution in [0, 0.1) is 6.42 Å². The van der Waals surface area contributed by atoms with Gasteiger partial charge in [0.2, 0.25) is 0 Å². The van der Waals surface area contributed by atoms with E-state index in [1.807, 2.05) is 13.3 Å². The van der Waals surface area contributed by atoms with Crippen LogP contribution in [0.3, 0.4) is 0 Å². The molecule has 0 aliphatic carbocycles. The molecule has 14 heavy (non-hydrogen) atoms. The quantitative estimate of drug-likeness (QED) is 0.505. The monoisotopic (exact) mass is 201 g/mol. The number of rotatable bonds is 10. The van der Waals surface area contributed by atoms with E-state index in [4.69, 9.17) is 9.47 Å². The van der Waals surface area contributed by atoms with E-state index in [0.29, 0.717) is 0 Å². The van der Waals surface area contributed by atoms with Crippen molar-refractivity contribution in [2.75, 3.05) is 19.8 Å². The highest BCUT2D eigenvalue weighted by molar-refractivity contribution is 4.55. The molecular formula is C12H25O2. The Balaban J connectivity index is 3.02. The lowest BCUT2D eigenvalue weighted by Gasteiger charge is -2.12. The third kappa shape index (κ3) is 10.0. The summed E-state index contributed by atoms with van der Waals surface area (Å²) in [5.74, 6) is 0. The van der Waals surface area contributed by atoms with E-state index in [9.17, 15) is 0 Å². The summed E-state index contributed by atoms with van der Waals surface area (Å²) in [7, 11) is 0. The first-order valence-corrected chi connectivity index (χ1v) is 5.78. The zero-order valence-corrected chi connectivity index (χ0v) is 9.92. The van der Waals surface area contributed by atoms with Crippen LogP contribution in [-0.2, 0) is 9.47 Å². The fourth-order valence-corrected chi connectivity index (χ4v) is 1.19. The Morgan fingerprint density at radius 2 is 2.00 bits per heavy atom. The van der Waals surface area contributed by atoms with Gasteiger partial charge in [0.1, 0.15) is 0 Å². The van der Waals surface area contributed by atoms with E-state index >= 15 is 0 Å². The van der Waals surface area contributed by atoms with Gasteiger partial charge in [0.25, 0.3) is 0 Å². The Morgan fingerprint density at radius 1 is 1.21 bits per heavy atom. The van der Waals surface area contributed by atoms with E-state index in [0.717, 1.165) is 19.8 Å². The summed E-state index contributed by atoms with van der Waals surface area (Å²) in [6, 6.07) is 0. The molecule has 0 fully saturated rings. The molecule has 0 aliphatic heterocycles. The highest BCUT2D eigenvalue weighted by Crippen LogP contribution is 2.00. The minimum Gasteiger partial charge on any atom is -0.379 e. The second-order valence-corrected chi connectivity index (χ2v) is 3.69. The molecule has 1 unspecified atom stereocenters. The fourth-order valence-electron chi connectivity index (χ4n) is 1.19. The van der Waals surface area contributed by atoms with Crippen molar-refractivity contribution >= 4 is 0 Å². The van der Waals surface area contributed by atoms with E-state index < -0.39 is 0 Å². The summed E-state index contributed by atoms with van der Waals surface area (Å²) < 4.78 is 10.9. The molecule has 0 saturated heterocycles. The number of hydrogen-bond acceptors (Lipinski definition) is 2. The molecule has 85 valence electrons. The summed E-state index contributed by atoms with van der Waals surface area (Å²) in [5, 5.41) is 0. The van der Waals surface area contributed by atoms with Gasteiger partial charge in [-0.25, -0.2) is 0 Å². The molecule has 0 heterocycles. The van der Waals surface area contributed by atoms with Crippen LogP contribution in [0.15, 0.2) is 0 Å². The zero-order chi connectivity index (χ0) is 10.6.